The predicted octanol–water partition coefficient (Wildman–Crippen LogP) is 4.72. The Morgan fingerprint density at radius 1 is 1.09 bits per heavy atom. The van der Waals surface area contributed by atoms with Gasteiger partial charge in [-0.2, -0.15) is 0 Å². The van der Waals surface area contributed by atoms with Crippen molar-refractivity contribution >= 4 is 11.6 Å². The summed E-state index contributed by atoms with van der Waals surface area (Å²) >= 11 is 6.20. The second kappa shape index (κ2) is 6.05. The average Bonchev–Trinajstić information content (AvgIpc) is 3.18. The fourth-order valence-electron chi connectivity index (χ4n) is 5.22. The first-order valence-electron chi connectivity index (χ1n) is 8.82. The summed E-state index contributed by atoms with van der Waals surface area (Å²) in [5, 5.41) is 0.825. The molecule has 1 aromatic rings. The molecule has 1 saturated heterocycles. The Morgan fingerprint density at radius 3 is 2.55 bits per heavy atom. The van der Waals surface area contributed by atoms with Crippen molar-refractivity contribution in [1.29, 1.82) is 0 Å². The molecule has 0 aromatic heterocycles. The monoisotopic (exact) mass is 319 g/mol. The zero-order valence-corrected chi connectivity index (χ0v) is 14.2. The molecular weight excluding hydrogens is 294 g/mol. The zero-order chi connectivity index (χ0) is 15.1. The molecule has 0 amide bonds. The lowest BCUT2D eigenvalue weighted by molar-refractivity contribution is 0.110. The van der Waals surface area contributed by atoms with E-state index in [1.165, 1.54) is 57.2 Å². The van der Waals surface area contributed by atoms with E-state index in [4.69, 9.17) is 16.3 Å². The Kier molecular flexibility index (Phi) is 4.08. The van der Waals surface area contributed by atoms with Crippen LogP contribution in [0.4, 0.5) is 0 Å². The van der Waals surface area contributed by atoms with Crippen molar-refractivity contribution in [2.45, 2.75) is 50.5 Å². The number of benzene rings is 1. The van der Waals surface area contributed by atoms with Crippen molar-refractivity contribution in [3.05, 3.63) is 28.8 Å². The Balaban J connectivity index is 1.43. The smallest absolute Gasteiger partial charge is 0.122 e. The molecule has 3 aliphatic rings. The van der Waals surface area contributed by atoms with Gasteiger partial charge in [0.25, 0.3) is 0 Å². The van der Waals surface area contributed by atoms with E-state index in [1.807, 2.05) is 12.1 Å². The van der Waals surface area contributed by atoms with E-state index in [2.05, 4.69) is 11.0 Å². The fraction of sp³-hybridized carbons (Fsp3) is 0.684. The molecule has 2 saturated carbocycles. The van der Waals surface area contributed by atoms with Gasteiger partial charge < -0.3 is 9.64 Å². The number of rotatable bonds is 3. The standard InChI is InChI=1S/C19H26ClNO/c1-22-19-5-4-16(20)12-17(19)14-6-8-21(9-7-14)18-11-13-2-3-15(18)10-13/h4-5,12-15,18H,2-3,6-11H2,1H3. The number of hydrogen-bond donors (Lipinski definition) is 0. The summed E-state index contributed by atoms with van der Waals surface area (Å²) < 4.78 is 5.55. The molecule has 22 heavy (non-hydrogen) atoms. The van der Waals surface area contributed by atoms with Crippen molar-refractivity contribution in [1.82, 2.24) is 4.90 Å². The van der Waals surface area contributed by atoms with Crippen molar-refractivity contribution in [2.24, 2.45) is 11.8 Å². The van der Waals surface area contributed by atoms with Crippen molar-refractivity contribution in [2.75, 3.05) is 20.2 Å². The van der Waals surface area contributed by atoms with Crippen LogP contribution in [0.5, 0.6) is 5.75 Å². The summed E-state index contributed by atoms with van der Waals surface area (Å²) in [6.07, 6.45) is 8.44. The third kappa shape index (κ3) is 2.65. The van der Waals surface area contributed by atoms with Crippen LogP contribution in [0.1, 0.15) is 50.0 Å². The minimum Gasteiger partial charge on any atom is -0.496 e. The number of likely N-dealkylation sites (tertiary alicyclic amines) is 1. The number of halogens is 1. The average molecular weight is 320 g/mol. The molecule has 120 valence electrons. The summed E-state index contributed by atoms with van der Waals surface area (Å²) in [4.78, 5) is 2.79. The van der Waals surface area contributed by atoms with Gasteiger partial charge in [-0.15, -0.1) is 0 Å². The van der Waals surface area contributed by atoms with Crippen LogP contribution >= 0.6 is 11.6 Å². The molecule has 2 nitrogen and oxygen atoms in total. The zero-order valence-electron chi connectivity index (χ0n) is 13.4. The van der Waals surface area contributed by atoms with Crippen LogP contribution in [0.15, 0.2) is 18.2 Å². The molecule has 1 aliphatic heterocycles. The predicted molar refractivity (Wildman–Crippen MR) is 90.8 cm³/mol. The molecule has 3 fully saturated rings. The normalized spacial score (nSPS) is 32.5. The number of hydrogen-bond acceptors (Lipinski definition) is 2. The molecule has 2 aliphatic carbocycles. The maximum Gasteiger partial charge on any atom is 0.122 e. The van der Waals surface area contributed by atoms with E-state index in [1.54, 1.807) is 7.11 Å². The van der Waals surface area contributed by atoms with Gasteiger partial charge in [0, 0.05) is 11.1 Å². The van der Waals surface area contributed by atoms with Crippen molar-refractivity contribution < 1.29 is 4.74 Å². The number of methoxy groups -OCH3 is 1. The van der Waals surface area contributed by atoms with E-state index < -0.39 is 0 Å². The van der Waals surface area contributed by atoms with Gasteiger partial charge in [-0.1, -0.05) is 18.0 Å². The Bertz CT molecular complexity index is 538. The van der Waals surface area contributed by atoms with Crippen LogP contribution in [-0.2, 0) is 0 Å². The number of ether oxygens (including phenoxy) is 1. The highest BCUT2D eigenvalue weighted by Crippen LogP contribution is 2.48. The maximum absolute atomic E-state index is 6.20. The van der Waals surface area contributed by atoms with E-state index in [0.717, 1.165) is 28.6 Å². The SMILES string of the molecule is COc1ccc(Cl)cc1C1CCN(C2CC3CCC2C3)CC1. The highest BCUT2D eigenvalue weighted by atomic mass is 35.5. The third-order valence-electron chi connectivity index (χ3n) is 6.33. The molecule has 0 spiro atoms. The number of nitrogens with zero attached hydrogens (tertiary/aromatic N) is 1. The third-order valence-corrected chi connectivity index (χ3v) is 6.57. The maximum atomic E-state index is 6.20. The Hall–Kier alpha value is -0.730. The number of fused-ring (bicyclic) bond motifs is 2. The fourth-order valence-corrected chi connectivity index (χ4v) is 5.41. The highest BCUT2D eigenvalue weighted by Gasteiger charge is 2.42. The van der Waals surface area contributed by atoms with Gasteiger partial charge in [0.1, 0.15) is 5.75 Å². The molecule has 1 heterocycles. The van der Waals surface area contributed by atoms with Gasteiger partial charge in [-0.3, -0.25) is 0 Å². The lowest BCUT2D eigenvalue weighted by atomic mass is 9.86. The second-order valence-corrected chi connectivity index (χ2v) is 7.88. The van der Waals surface area contributed by atoms with Crippen LogP contribution in [0.2, 0.25) is 5.02 Å². The Labute approximate surface area is 138 Å². The minimum absolute atomic E-state index is 0.600. The molecule has 2 bridgehead atoms. The van der Waals surface area contributed by atoms with E-state index in [9.17, 15) is 0 Å². The first kappa shape index (κ1) is 14.8. The van der Waals surface area contributed by atoms with Crippen LogP contribution in [0.3, 0.4) is 0 Å². The summed E-state index contributed by atoms with van der Waals surface area (Å²) in [7, 11) is 1.76. The van der Waals surface area contributed by atoms with Gasteiger partial charge in [0.2, 0.25) is 0 Å². The van der Waals surface area contributed by atoms with Crippen molar-refractivity contribution in [3.8, 4) is 5.75 Å². The summed E-state index contributed by atoms with van der Waals surface area (Å²) in [6.45, 7) is 2.49. The molecular formula is C19H26ClNO. The quantitative estimate of drug-likeness (QED) is 0.799. The van der Waals surface area contributed by atoms with Crippen LogP contribution in [0, 0.1) is 11.8 Å². The van der Waals surface area contributed by atoms with E-state index >= 15 is 0 Å². The lowest BCUT2D eigenvalue weighted by Crippen LogP contribution is -2.43. The summed E-state index contributed by atoms with van der Waals surface area (Å²) in [6, 6.07) is 6.94. The van der Waals surface area contributed by atoms with Gasteiger partial charge in [-0.25, -0.2) is 0 Å². The first-order chi connectivity index (χ1) is 10.7. The van der Waals surface area contributed by atoms with Gasteiger partial charge in [0.15, 0.2) is 0 Å². The van der Waals surface area contributed by atoms with Gasteiger partial charge >= 0.3 is 0 Å². The lowest BCUT2D eigenvalue weighted by Gasteiger charge is -2.40. The molecule has 4 rings (SSSR count). The molecule has 3 atom stereocenters. The molecule has 0 radical (unpaired) electrons. The van der Waals surface area contributed by atoms with Gasteiger partial charge in [-0.05, 0) is 86.7 Å². The second-order valence-electron chi connectivity index (χ2n) is 7.44. The van der Waals surface area contributed by atoms with Crippen LogP contribution in [0.25, 0.3) is 0 Å². The van der Waals surface area contributed by atoms with E-state index in [0.29, 0.717) is 5.92 Å². The van der Waals surface area contributed by atoms with Crippen LogP contribution < -0.4 is 4.74 Å². The number of piperidine rings is 1. The molecule has 0 N–H and O–H groups in total. The minimum atomic E-state index is 0.600. The highest BCUT2D eigenvalue weighted by molar-refractivity contribution is 6.30. The summed E-state index contributed by atoms with van der Waals surface area (Å²) in [5.41, 5.74) is 1.31. The molecule has 3 unspecified atom stereocenters. The molecule has 3 heteroatoms. The van der Waals surface area contributed by atoms with Gasteiger partial charge in [0.05, 0.1) is 7.11 Å². The topological polar surface area (TPSA) is 12.5 Å². The van der Waals surface area contributed by atoms with Crippen molar-refractivity contribution in [3.63, 3.8) is 0 Å². The summed E-state index contributed by atoms with van der Waals surface area (Å²) in [5.74, 6) is 3.65. The Morgan fingerprint density at radius 2 is 1.91 bits per heavy atom. The molecule has 1 aromatic carbocycles. The van der Waals surface area contributed by atoms with E-state index in [-0.39, 0.29) is 0 Å². The van der Waals surface area contributed by atoms with Crippen LogP contribution in [-0.4, -0.2) is 31.1 Å². The first-order valence-corrected chi connectivity index (χ1v) is 9.20. The largest absolute Gasteiger partial charge is 0.496 e.